The molecule has 0 radical (unpaired) electrons. The van der Waals surface area contributed by atoms with Crippen molar-refractivity contribution in [3.05, 3.63) is 86.6 Å². The number of amides is 1. The lowest BCUT2D eigenvalue weighted by molar-refractivity contribution is -0.136. The third-order valence-corrected chi connectivity index (χ3v) is 5.42. The van der Waals surface area contributed by atoms with Crippen molar-refractivity contribution in [2.75, 3.05) is 0 Å². The van der Waals surface area contributed by atoms with E-state index in [0.29, 0.717) is 21.1 Å². The average molecular weight is 422 g/mol. The van der Waals surface area contributed by atoms with E-state index >= 15 is 0 Å². The maximum absolute atomic E-state index is 13.1. The molecule has 0 saturated carbocycles. The van der Waals surface area contributed by atoms with Gasteiger partial charge < -0.3 is 10.4 Å². The predicted octanol–water partition coefficient (Wildman–Crippen LogP) is 4.11. The van der Waals surface area contributed by atoms with Crippen LogP contribution in [0.5, 0.6) is 0 Å². The second-order valence-corrected chi connectivity index (χ2v) is 7.70. The number of hydrogen-bond acceptors (Lipinski definition) is 4. The fourth-order valence-electron chi connectivity index (χ4n) is 2.76. The average Bonchev–Trinajstić information content (AvgIpc) is 3.08. The van der Waals surface area contributed by atoms with Crippen molar-refractivity contribution in [2.45, 2.75) is 26.3 Å². The molecule has 0 fully saturated rings. The first-order chi connectivity index (χ1) is 14.3. The minimum atomic E-state index is -0.883. The van der Waals surface area contributed by atoms with Crippen LogP contribution in [-0.4, -0.2) is 22.0 Å². The Morgan fingerprint density at radius 3 is 2.43 bits per heavy atom. The number of nitrogens with zero attached hydrogens (tertiary/aromatic N) is 1. The number of nitrogens with one attached hydrogen (secondary N) is 1. The monoisotopic (exact) mass is 422 g/mol. The third-order valence-electron chi connectivity index (χ3n) is 4.34. The highest BCUT2D eigenvalue weighted by Gasteiger charge is 2.17. The number of aryl methyl sites for hydroxylation is 1. The van der Waals surface area contributed by atoms with Crippen LogP contribution < -0.4 is 5.32 Å². The molecule has 152 valence electrons. The highest BCUT2D eigenvalue weighted by Crippen LogP contribution is 2.20. The molecule has 3 rings (SSSR count). The summed E-state index contributed by atoms with van der Waals surface area (Å²) in [5.41, 5.74) is 2.82. The molecule has 7 heteroatoms. The Balaban J connectivity index is 1.69. The summed E-state index contributed by atoms with van der Waals surface area (Å²) in [6.45, 7) is 3.58. The number of aromatic nitrogens is 1. The first kappa shape index (κ1) is 21.2. The summed E-state index contributed by atoms with van der Waals surface area (Å²) in [5, 5.41) is 12.2. The van der Waals surface area contributed by atoms with Crippen LogP contribution >= 0.6 is 11.3 Å². The van der Waals surface area contributed by atoms with Crippen LogP contribution in [0, 0.1) is 24.6 Å². The number of hydrogen-bond donors (Lipinski definition) is 2. The second kappa shape index (κ2) is 9.33. The van der Waals surface area contributed by atoms with Crippen molar-refractivity contribution in [2.24, 2.45) is 0 Å². The first-order valence-electron chi connectivity index (χ1n) is 9.18. The number of halogens is 1. The van der Waals surface area contributed by atoms with Gasteiger partial charge in [-0.15, -0.1) is 11.3 Å². The van der Waals surface area contributed by atoms with E-state index in [1.54, 1.807) is 43.3 Å². The fourth-order valence-corrected chi connectivity index (χ4v) is 3.59. The fraction of sp³-hybridized carbons (Fsp3) is 0.174. The van der Waals surface area contributed by atoms with E-state index in [0.717, 1.165) is 11.1 Å². The molecule has 0 spiro atoms. The predicted molar refractivity (Wildman–Crippen MR) is 113 cm³/mol. The van der Waals surface area contributed by atoms with Crippen LogP contribution in [0.25, 0.3) is 0 Å². The maximum atomic E-state index is 13.1. The summed E-state index contributed by atoms with van der Waals surface area (Å²) in [5.74, 6) is 4.46. The van der Waals surface area contributed by atoms with Gasteiger partial charge >= 0.3 is 5.97 Å². The molecule has 2 N–H and O–H groups in total. The number of aliphatic carboxylic acids is 1. The van der Waals surface area contributed by atoms with E-state index in [1.807, 2.05) is 6.92 Å². The lowest BCUT2D eigenvalue weighted by Gasteiger charge is -2.13. The van der Waals surface area contributed by atoms with E-state index in [4.69, 9.17) is 5.11 Å². The summed E-state index contributed by atoms with van der Waals surface area (Å²) < 4.78 is 13.1. The van der Waals surface area contributed by atoms with E-state index in [1.165, 1.54) is 23.5 Å². The molecule has 0 aliphatic carbocycles. The summed E-state index contributed by atoms with van der Waals surface area (Å²) in [6, 6.07) is 12.7. The summed E-state index contributed by atoms with van der Waals surface area (Å²) in [6.07, 6.45) is -0.0335. The van der Waals surface area contributed by atoms with Gasteiger partial charge in [0.25, 0.3) is 5.91 Å². The largest absolute Gasteiger partial charge is 0.481 e. The number of thiazole rings is 1. The topological polar surface area (TPSA) is 79.3 Å². The Morgan fingerprint density at radius 1 is 1.13 bits per heavy atom. The molecule has 3 aromatic rings. The van der Waals surface area contributed by atoms with Gasteiger partial charge in [-0.2, -0.15) is 0 Å². The van der Waals surface area contributed by atoms with Crippen molar-refractivity contribution < 1.29 is 19.1 Å². The van der Waals surface area contributed by atoms with E-state index in [2.05, 4.69) is 22.1 Å². The van der Waals surface area contributed by atoms with Gasteiger partial charge in [0.2, 0.25) is 0 Å². The van der Waals surface area contributed by atoms with Crippen molar-refractivity contribution in [3.63, 3.8) is 0 Å². The van der Waals surface area contributed by atoms with Crippen LogP contribution in [0.4, 0.5) is 4.39 Å². The van der Waals surface area contributed by atoms with Crippen molar-refractivity contribution in [3.8, 4) is 11.8 Å². The Morgan fingerprint density at radius 2 is 1.80 bits per heavy atom. The van der Waals surface area contributed by atoms with Gasteiger partial charge in [-0.1, -0.05) is 30.2 Å². The Hall–Kier alpha value is -3.50. The molecule has 2 aromatic carbocycles. The molecule has 0 aliphatic heterocycles. The zero-order valence-corrected chi connectivity index (χ0v) is 17.2. The normalized spacial score (nSPS) is 11.3. The van der Waals surface area contributed by atoms with Crippen LogP contribution in [0.2, 0.25) is 0 Å². The van der Waals surface area contributed by atoms with Gasteiger partial charge in [0, 0.05) is 5.56 Å². The molecule has 0 bridgehead atoms. The molecular formula is C23H19FN2O3S. The van der Waals surface area contributed by atoms with Gasteiger partial charge in [0.1, 0.15) is 10.7 Å². The van der Waals surface area contributed by atoms with Crippen LogP contribution in [0.15, 0.2) is 48.5 Å². The Kier molecular flexibility index (Phi) is 6.60. The quantitative estimate of drug-likeness (QED) is 0.607. The smallest absolute Gasteiger partial charge is 0.307 e. The van der Waals surface area contributed by atoms with Gasteiger partial charge in [-0.05, 0) is 55.2 Å². The van der Waals surface area contributed by atoms with E-state index in [9.17, 15) is 14.0 Å². The summed E-state index contributed by atoms with van der Waals surface area (Å²) >= 11 is 1.20. The minimum Gasteiger partial charge on any atom is -0.481 e. The van der Waals surface area contributed by atoms with Gasteiger partial charge in [0.15, 0.2) is 5.01 Å². The van der Waals surface area contributed by atoms with Crippen molar-refractivity contribution >= 4 is 23.2 Å². The van der Waals surface area contributed by atoms with E-state index < -0.39 is 5.97 Å². The lowest BCUT2D eigenvalue weighted by atomic mass is 10.1. The number of rotatable bonds is 5. The van der Waals surface area contributed by atoms with Crippen LogP contribution in [-0.2, 0) is 11.2 Å². The maximum Gasteiger partial charge on any atom is 0.307 e. The zero-order valence-electron chi connectivity index (χ0n) is 16.4. The zero-order chi connectivity index (χ0) is 21.7. The Labute approximate surface area is 177 Å². The highest BCUT2D eigenvalue weighted by atomic mass is 32.1. The minimum absolute atomic E-state index is 0.0335. The summed E-state index contributed by atoms with van der Waals surface area (Å²) in [4.78, 5) is 28.2. The lowest BCUT2D eigenvalue weighted by Crippen LogP contribution is -2.26. The molecule has 1 heterocycles. The van der Waals surface area contributed by atoms with Crippen LogP contribution in [0.3, 0.4) is 0 Å². The first-order valence-corrected chi connectivity index (χ1v) is 10.00. The summed E-state index contributed by atoms with van der Waals surface area (Å²) in [7, 11) is 0. The van der Waals surface area contributed by atoms with Gasteiger partial charge in [0.05, 0.1) is 18.2 Å². The molecule has 0 aliphatic rings. The molecule has 1 aromatic heterocycles. The molecule has 5 nitrogen and oxygen atoms in total. The molecular weight excluding hydrogens is 403 g/mol. The molecule has 1 amide bonds. The number of carboxylic acid groups (broad SMARTS) is 1. The number of benzene rings is 2. The van der Waals surface area contributed by atoms with E-state index in [-0.39, 0.29) is 24.2 Å². The molecule has 30 heavy (non-hydrogen) atoms. The van der Waals surface area contributed by atoms with Gasteiger partial charge in [-0.3, -0.25) is 9.59 Å². The number of carbonyl (C=O) groups is 2. The SMILES string of the molecule is Cc1nc(C#Cc2ccc(CC(=O)O)cc2)sc1C(=O)NC(C)c1ccc(F)cc1. The molecule has 1 atom stereocenters. The molecule has 0 saturated heterocycles. The van der Waals surface area contributed by atoms with Crippen molar-refractivity contribution in [1.29, 1.82) is 0 Å². The Bertz CT molecular complexity index is 1130. The molecule has 1 unspecified atom stereocenters. The number of carbonyl (C=O) groups excluding carboxylic acids is 1. The highest BCUT2D eigenvalue weighted by molar-refractivity contribution is 7.14. The number of carboxylic acids is 1. The van der Waals surface area contributed by atoms with Crippen LogP contribution in [0.1, 0.15) is 50.0 Å². The third kappa shape index (κ3) is 5.52. The second-order valence-electron chi connectivity index (χ2n) is 6.70. The van der Waals surface area contributed by atoms with Crippen molar-refractivity contribution in [1.82, 2.24) is 10.3 Å². The van der Waals surface area contributed by atoms with Gasteiger partial charge in [-0.25, -0.2) is 9.37 Å². The standard InChI is InChI=1S/C23H19FN2O3S/c1-14(18-8-10-19(24)11-9-18)26-23(29)22-15(2)25-20(30-22)12-7-16-3-5-17(6-4-16)13-21(27)28/h3-6,8-11,14H,13H2,1-2H3,(H,26,29)(H,27,28).